The van der Waals surface area contributed by atoms with Crippen molar-refractivity contribution in [1.82, 2.24) is 4.90 Å². The molecule has 0 aliphatic carbocycles. The highest BCUT2D eigenvalue weighted by Gasteiger charge is 2.22. The van der Waals surface area contributed by atoms with Crippen LogP contribution in [0.3, 0.4) is 0 Å². The molecule has 0 radical (unpaired) electrons. The molecule has 0 saturated carbocycles. The number of amides is 1. The predicted molar refractivity (Wildman–Crippen MR) is 114 cm³/mol. The zero-order chi connectivity index (χ0) is 21.5. The molecular weight excluding hydrogens is 406 g/mol. The summed E-state index contributed by atoms with van der Waals surface area (Å²) in [5.41, 5.74) is 0.973. The summed E-state index contributed by atoms with van der Waals surface area (Å²) < 4.78 is 16.5. The molecule has 7 heteroatoms. The second-order valence-electron chi connectivity index (χ2n) is 6.71. The monoisotopic (exact) mass is 429 g/mol. The van der Waals surface area contributed by atoms with E-state index in [1.807, 2.05) is 13.0 Å². The molecule has 1 aromatic heterocycles. The van der Waals surface area contributed by atoms with E-state index in [0.717, 1.165) is 6.42 Å². The van der Waals surface area contributed by atoms with Crippen LogP contribution in [-0.4, -0.2) is 29.6 Å². The van der Waals surface area contributed by atoms with Gasteiger partial charge in [-0.15, -0.1) is 0 Å². The van der Waals surface area contributed by atoms with E-state index >= 15 is 0 Å². The average Bonchev–Trinajstić information content (AvgIpc) is 3.26. The molecule has 0 fully saturated rings. The summed E-state index contributed by atoms with van der Waals surface area (Å²) in [6.07, 6.45) is 2.37. The van der Waals surface area contributed by atoms with Crippen LogP contribution in [-0.2, 0) is 13.1 Å². The molecule has 0 aliphatic heterocycles. The van der Waals surface area contributed by atoms with E-state index in [9.17, 15) is 9.90 Å². The Balaban J connectivity index is 1.93. The zero-order valence-electron chi connectivity index (χ0n) is 16.9. The van der Waals surface area contributed by atoms with Gasteiger partial charge in [0.25, 0.3) is 5.91 Å². The van der Waals surface area contributed by atoms with Crippen LogP contribution in [0.1, 0.15) is 35.0 Å². The molecule has 158 valence electrons. The third-order valence-corrected chi connectivity index (χ3v) is 4.77. The van der Waals surface area contributed by atoms with Crippen LogP contribution in [0.2, 0.25) is 5.02 Å². The van der Waals surface area contributed by atoms with Crippen LogP contribution in [0.4, 0.5) is 0 Å². The van der Waals surface area contributed by atoms with Gasteiger partial charge in [0.15, 0.2) is 11.5 Å². The van der Waals surface area contributed by atoms with Gasteiger partial charge in [0.1, 0.15) is 11.5 Å². The number of carbonyl (C=O) groups excluding carboxylic acids is 1. The molecule has 0 aliphatic rings. The first kappa shape index (κ1) is 21.6. The number of para-hydroxylation sites is 1. The Bertz CT molecular complexity index is 987. The maximum Gasteiger partial charge on any atom is 0.254 e. The highest BCUT2D eigenvalue weighted by Crippen LogP contribution is 2.37. The number of nitrogens with zero attached hydrogens (tertiary/aromatic N) is 1. The van der Waals surface area contributed by atoms with Crippen molar-refractivity contribution in [3.63, 3.8) is 0 Å². The maximum absolute atomic E-state index is 13.4. The van der Waals surface area contributed by atoms with E-state index in [2.05, 4.69) is 0 Å². The van der Waals surface area contributed by atoms with Crippen molar-refractivity contribution < 1.29 is 23.8 Å². The highest BCUT2D eigenvalue weighted by molar-refractivity contribution is 6.32. The van der Waals surface area contributed by atoms with Gasteiger partial charge in [0, 0.05) is 11.1 Å². The molecule has 6 nitrogen and oxygen atoms in total. The first-order valence-electron chi connectivity index (χ1n) is 9.62. The number of aromatic hydroxyl groups is 1. The lowest BCUT2D eigenvalue weighted by molar-refractivity contribution is 0.0716. The van der Waals surface area contributed by atoms with Crippen molar-refractivity contribution in [2.24, 2.45) is 0 Å². The lowest BCUT2D eigenvalue weighted by Gasteiger charge is -2.23. The first-order chi connectivity index (χ1) is 14.5. The molecule has 30 heavy (non-hydrogen) atoms. The quantitative estimate of drug-likeness (QED) is 0.501. The largest absolute Gasteiger partial charge is 0.508 e. The molecule has 0 unspecified atom stereocenters. The summed E-state index contributed by atoms with van der Waals surface area (Å²) in [6, 6.07) is 13.6. The van der Waals surface area contributed by atoms with Gasteiger partial charge in [-0.1, -0.05) is 36.7 Å². The Hall–Kier alpha value is -3.12. The minimum Gasteiger partial charge on any atom is -0.508 e. The number of rotatable bonds is 9. The molecule has 3 aromatic rings. The minimum atomic E-state index is -0.281. The molecule has 1 heterocycles. The van der Waals surface area contributed by atoms with Crippen LogP contribution in [0.25, 0.3) is 0 Å². The van der Waals surface area contributed by atoms with E-state index in [-0.39, 0.29) is 24.7 Å². The Kier molecular flexibility index (Phi) is 7.25. The number of ether oxygens (including phenoxy) is 2. The van der Waals surface area contributed by atoms with Crippen LogP contribution < -0.4 is 9.47 Å². The van der Waals surface area contributed by atoms with Gasteiger partial charge in [-0.05, 0) is 36.8 Å². The SMILES string of the molecule is CCCOc1c(Cl)cc(C(=O)N(Cc2ccco2)Cc2ccccc2O)cc1OC. The molecule has 0 bridgehead atoms. The van der Waals surface area contributed by atoms with Crippen molar-refractivity contribution in [2.45, 2.75) is 26.4 Å². The number of phenols is 1. The number of hydrogen-bond acceptors (Lipinski definition) is 5. The van der Waals surface area contributed by atoms with Gasteiger partial charge in [-0.2, -0.15) is 0 Å². The minimum absolute atomic E-state index is 0.119. The summed E-state index contributed by atoms with van der Waals surface area (Å²) in [7, 11) is 1.50. The van der Waals surface area contributed by atoms with Crippen LogP contribution >= 0.6 is 11.6 Å². The van der Waals surface area contributed by atoms with Crippen molar-refractivity contribution in [1.29, 1.82) is 0 Å². The molecule has 1 N–H and O–H groups in total. The maximum atomic E-state index is 13.4. The third-order valence-electron chi connectivity index (χ3n) is 4.49. The Morgan fingerprint density at radius 2 is 1.97 bits per heavy atom. The fraction of sp³-hybridized carbons (Fsp3) is 0.261. The Morgan fingerprint density at radius 3 is 2.63 bits per heavy atom. The smallest absolute Gasteiger partial charge is 0.254 e. The molecule has 0 atom stereocenters. The number of carbonyl (C=O) groups is 1. The lowest BCUT2D eigenvalue weighted by Crippen LogP contribution is -2.30. The number of methoxy groups -OCH3 is 1. The first-order valence-corrected chi connectivity index (χ1v) is 10.00. The van der Waals surface area contributed by atoms with E-state index < -0.39 is 0 Å². The zero-order valence-corrected chi connectivity index (χ0v) is 17.7. The summed E-state index contributed by atoms with van der Waals surface area (Å²) in [5, 5.41) is 10.5. The van der Waals surface area contributed by atoms with Gasteiger partial charge in [-0.25, -0.2) is 0 Å². The van der Waals surface area contributed by atoms with Crippen molar-refractivity contribution in [3.8, 4) is 17.2 Å². The highest BCUT2D eigenvalue weighted by atomic mass is 35.5. The Labute approximate surface area is 180 Å². The van der Waals surface area contributed by atoms with Gasteiger partial charge in [0.2, 0.25) is 0 Å². The fourth-order valence-corrected chi connectivity index (χ4v) is 3.28. The molecular formula is C23H24ClNO5. The van der Waals surface area contributed by atoms with Gasteiger partial charge in [-0.3, -0.25) is 4.79 Å². The normalized spacial score (nSPS) is 10.6. The molecule has 2 aromatic carbocycles. The number of halogens is 1. The summed E-state index contributed by atoms with van der Waals surface area (Å²) in [6.45, 7) is 2.90. The topological polar surface area (TPSA) is 72.1 Å². The molecule has 3 rings (SSSR count). The van der Waals surface area contributed by atoms with Crippen LogP contribution in [0.5, 0.6) is 17.2 Å². The second-order valence-corrected chi connectivity index (χ2v) is 7.11. The molecule has 0 spiro atoms. The third kappa shape index (κ3) is 5.07. The van der Waals surface area contributed by atoms with Gasteiger partial charge < -0.3 is 23.9 Å². The lowest BCUT2D eigenvalue weighted by atomic mass is 10.1. The molecule has 1 amide bonds. The standard InChI is InChI=1S/C23H24ClNO5/c1-3-10-30-22-19(24)12-17(13-21(22)28-2)23(27)25(15-18-8-6-11-29-18)14-16-7-4-5-9-20(16)26/h4-9,11-13,26H,3,10,14-15H2,1-2H3. The van der Waals surface area contributed by atoms with Crippen LogP contribution in [0.15, 0.2) is 59.2 Å². The van der Waals surface area contributed by atoms with E-state index in [0.29, 0.717) is 40.0 Å². The van der Waals surface area contributed by atoms with E-state index in [1.54, 1.807) is 53.6 Å². The van der Waals surface area contributed by atoms with E-state index in [4.69, 9.17) is 25.5 Å². The Morgan fingerprint density at radius 1 is 1.17 bits per heavy atom. The summed E-state index contributed by atoms with van der Waals surface area (Å²) in [4.78, 5) is 15.0. The molecule has 0 saturated heterocycles. The predicted octanol–water partition coefficient (Wildman–Crippen LogP) is 5.28. The number of hydrogen-bond donors (Lipinski definition) is 1. The van der Waals surface area contributed by atoms with Crippen molar-refractivity contribution >= 4 is 17.5 Å². The fourth-order valence-electron chi connectivity index (χ4n) is 3.01. The van der Waals surface area contributed by atoms with Crippen molar-refractivity contribution in [2.75, 3.05) is 13.7 Å². The van der Waals surface area contributed by atoms with E-state index in [1.165, 1.54) is 7.11 Å². The summed E-state index contributed by atoms with van der Waals surface area (Å²) in [5.74, 6) is 1.26. The van der Waals surface area contributed by atoms with Gasteiger partial charge >= 0.3 is 0 Å². The van der Waals surface area contributed by atoms with Crippen LogP contribution in [0, 0.1) is 0 Å². The number of furan rings is 1. The van der Waals surface area contributed by atoms with Crippen molar-refractivity contribution in [3.05, 3.63) is 76.7 Å². The van der Waals surface area contributed by atoms with Gasteiger partial charge in [0.05, 0.1) is 38.1 Å². The number of phenolic OH excluding ortho intramolecular Hbond substituents is 1. The second kappa shape index (κ2) is 10.1. The average molecular weight is 430 g/mol. The number of benzene rings is 2. The summed E-state index contributed by atoms with van der Waals surface area (Å²) >= 11 is 6.39.